The van der Waals surface area contributed by atoms with Gasteiger partial charge in [0.2, 0.25) is 6.33 Å². The van der Waals surface area contributed by atoms with Gasteiger partial charge in [-0.15, -0.1) is 6.58 Å². The monoisotopic (exact) mass is 403 g/mol. The number of alkyl halides is 6. The van der Waals surface area contributed by atoms with E-state index in [0.29, 0.717) is 0 Å². The van der Waals surface area contributed by atoms with Gasteiger partial charge in [0.05, 0.1) is 6.54 Å². The summed E-state index contributed by atoms with van der Waals surface area (Å²) in [5.41, 5.74) is -12.4. The van der Waals surface area contributed by atoms with Crippen molar-refractivity contribution in [1.29, 1.82) is 0 Å². The number of hydrogen-bond donors (Lipinski definition) is 1. The maximum Gasteiger partial charge on any atom is 0.480 e. The van der Waals surface area contributed by atoms with Crippen LogP contribution in [0.3, 0.4) is 0 Å². The summed E-state index contributed by atoms with van der Waals surface area (Å²) in [6.45, 7) is 4.66. The number of allylic oxidation sites excluding steroid dienone is 1. The molecule has 0 saturated carbocycles. The molecular weight excluding hydrogens is 392 g/mol. The summed E-state index contributed by atoms with van der Waals surface area (Å²) in [7, 11) is -13.4. The Labute approximate surface area is 133 Å². The minimum atomic E-state index is -6.72. The molecule has 0 aliphatic carbocycles. The van der Waals surface area contributed by atoms with Crippen molar-refractivity contribution in [2.45, 2.75) is 24.0 Å². The van der Waals surface area contributed by atoms with Crippen molar-refractivity contribution < 1.29 is 47.7 Å². The first-order chi connectivity index (χ1) is 10.6. The fraction of sp³-hybridized carbons (Fsp3) is 0.444. The second-order valence-electron chi connectivity index (χ2n) is 3.84. The summed E-state index contributed by atoms with van der Waals surface area (Å²) in [6.07, 6.45) is 8.79. The number of aromatic amines is 1. The lowest BCUT2D eigenvalue weighted by Crippen LogP contribution is -2.30. The van der Waals surface area contributed by atoms with E-state index in [2.05, 4.69) is 16.1 Å². The van der Waals surface area contributed by atoms with Gasteiger partial charge in [0, 0.05) is 6.42 Å². The van der Waals surface area contributed by atoms with Crippen LogP contribution in [0.2, 0.25) is 0 Å². The molecule has 0 saturated heterocycles. The molecule has 0 bridgehead atoms. The lowest BCUT2D eigenvalue weighted by atomic mass is 10.4. The predicted octanol–water partition coefficient (Wildman–Crippen LogP) is 1.94. The number of nitrogens with one attached hydrogen (secondary N) is 1. The number of aromatic nitrogens is 2. The quantitative estimate of drug-likeness (QED) is 0.461. The van der Waals surface area contributed by atoms with Crippen LogP contribution in [0.1, 0.15) is 6.42 Å². The van der Waals surface area contributed by atoms with Crippen LogP contribution in [0.5, 0.6) is 0 Å². The number of halogens is 6. The Kier molecular flexibility index (Phi) is 7.44. The third-order valence-corrected chi connectivity index (χ3v) is 4.72. The Hall–Kier alpha value is -1.61. The van der Waals surface area contributed by atoms with Crippen LogP contribution in [0, 0.1) is 0 Å². The third-order valence-electron chi connectivity index (χ3n) is 1.98. The third kappa shape index (κ3) is 6.88. The first-order valence-electron chi connectivity index (χ1n) is 5.63. The summed E-state index contributed by atoms with van der Waals surface area (Å²) in [4.78, 5) is 2.97. The van der Waals surface area contributed by atoms with Gasteiger partial charge in [0.15, 0.2) is 20.0 Å². The lowest BCUT2D eigenvalue weighted by Gasteiger charge is -2.22. The zero-order valence-corrected chi connectivity index (χ0v) is 13.2. The van der Waals surface area contributed by atoms with Crippen LogP contribution >= 0.6 is 0 Å². The highest BCUT2D eigenvalue weighted by Crippen LogP contribution is 2.36. The zero-order chi connectivity index (χ0) is 19.2. The minimum absolute atomic E-state index is 0.778. The summed E-state index contributed by atoms with van der Waals surface area (Å²) in [5.74, 6) is 0. The van der Waals surface area contributed by atoms with Gasteiger partial charge in [-0.05, 0) is 0 Å². The maximum absolute atomic E-state index is 11.4. The number of hydrogen-bond acceptors (Lipinski definition) is 4. The SMILES string of the molecule is C=CCC[n+]1cc[nH]c1.O=S(=O)([N-]S(=O)(=O)C(F)(F)F)C(F)(F)F. The highest BCUT2D eigenvalue weighted by molar-refractivity contribution is 8.13. The average molecular weight is 403 g/mol. The molecule has 0 amide bonds. The van der Waals surface area contributed by atoms with Crippen LogP contribution in [-0.2, 0) is 26.6 Å². The molecule has 140 valence electrons. The van der Waals surface area contributed by atoms with Gasteiger partial charge in [0.1, 0.15) is 12.4 Å². The molecule has 15 heteroatoms. The molecule has 0 unspecified atom stereocenters. The van der Waals surface area contributed by atoms with Crippen molar-refractivity contribution in [3.63, 3.8) is 0 Å². The molecule has 1 N–H and O–H groups in total. The van der Waals surface area contributed by atoms with E-state index in [1.807, 2.05) is 24.8 Å². The van der Waals surface area contributed by atoms with E-state index in [4.69, 9.17) is 0 Å². The van der Waals surface area contributed by atoms with Crippen LogP contribution < -0.4 is 4.57 Å². The Morgan fingerprint density at radius 2 is 1.50 bits per heavy atom. The molecular formula is C9H11F6N3O4S2. The normalized spacial score (nSPS) is 13.1. The first kappa shape index (κ1) is 22.4. The van der Waals surface area contributed by atoms with Crippen molar-refractivity contribution >= 4 is 20.0 Å². The zero-order valence-electron chi connectivity index (χ0n) is 11.5. The van der Waals surface area contributed by atoms with E-state index < -0.39 is 31.1 Å². The number of rotatable bonds is 5. The van der Waals surface area contributed by atoms with Crippen molar-refractivity contribution in [2.75, 3.05) is 0 Å². The molecule has 24 heavy (non-hydrogen) atoms. The molecule has 0 atom stereocenters. The molecule has 0 radical (unpaired) electrons. The van der Waals surface area contributed by atoms with E-state index in [9.17, 15) is 43.2 Å². The number of sulfonamides is 2. The van der Waals surface area contributed by atoms with Crippen molar-refractivity contribution in [3.05, 3.63) is 35.5 Å². The summed E-state index contributed by atoms with van der Waals surface area (Å²) >= 11 is 0. The molecule has 0 aliphatic heterocycles. The van der Waals surface area contributed by atoms with Gasteiger partial charge >= 0.3 is 11.0 Å². The fourth-order valence-corrected chi connectivity index (χ4v) is 2.62. The minimum Gasteiger partial charge on any atom is -0.421 e. The van der Waals surface area contributed by atoms with Gasteiger partial charge in [-0.3, -0.25) is 4.98 Å². The Morgan fingerprint density at radius 1 is 1.04 bits per heavy atom. The van der Waals surface area contributed by atoms with E-state index in [1.54, 1.807) is 0 Å². The lowest BCUT2D eigenvalue weighted by molar-refractivity contribution is -0.694. The molecule has 0 aliphatic rings. The number of H-pyrrole nitrogens is 1. The fourth-order valence-electron chi connectivity index (χ4n) is 0.914. The Balaban J connectivity index is 0.000000496. The van der Waals surface area contributed by atoms with Gasteiger partial charge in [-0.25, -0.2) is 21.4 Å². The molecule has 7 nitrogen and oxygen atoms in total. The smallest absolute Gasteiger partial charge is 0.421 e. The van der Waals surface area contributed by atoms with Gasteiger partial charge in [0.25, 0.3) is 0 Å². The second-order valence-corrected chi connectivity index (χ2v) is 7.27. The van der Waals surface area contributed by atoms with E-state index in [1.165, 1.54) is 0 Å². The maximum atomic E-state index is 11.4. The van der Waals surface area contributed by atoms with Crippen LogP contribution in [0.15, 0.2) is 31.4 Å². The number of imidazole rings is 1. The predicted molar refractivity (Wildman–Crippen MR) is 69.1 cm³/mol. The standard InChI is InChI=1S/C7H10N2.C2F6NO4S2/c1-2-3-5-9-6-4-8-7-9;3-1(4,5)14(10,11)9-15(12,13)2(6,7)8/h2,4,6-7H,1,3,5H2;/q;-1/p+1. The second kappa shape index (κ2) is 7.98. The summed E-state index contributed by atoms with van der Waals surface area (Å²) < 4.78 is 111. The van der Waals surface area contributed by atoms with Crippen molar-refractivity contribution in [2.24, 2.45) is 0 Å². The highest BCUT2D eigenvalue weighted by atomic mass is 32.3. The van der Waals surface area contributed by atoms with E-state index in [0.717, 1.165) is 17.1 Å². The summed E-state index contributed by atoms with van der Waals surface area (Å²) in [5, 5.41) is 0. The molecule has 1 rings (SSSR count). The molecule has 0 spiro atoms. The van der Waals surface area contributed by atoms with Crippen LogP contribution in [0.4, 0.5) is 26.3 Å². The van der Waals surface area contributed by atoms with Crippen LogP contribution in [0.25, 0.3) is 4.13 Å². The van der Waals surface area contributed by atoms with Crippen LogP contribution in [-0.4, -0.2) is 32.8 Å². The molecule has 0 fully saturated rings. The highest BCUT2D eigenvalue weighted by Gasteiger charge is 2.46. The Bertz CT molecular complexity index is 680. The molecule has 1 heterocycles. The number of aryl methyl sites for hydroxylation is 1. The topological polar surface area (TPSA) is 102 Å². The van der Waals surface area contributed by atoms with Gasteiger partial charge in [-0.2, -0.15) is 26.3 Å². The van der Waals surface area contributed by atoms with E-state index in [-0.39, 0.29) is 0 Å². The average Bonchev–Trinajstić information content (AvgIpc) is 2.86. The largest absolute Gasteiger partial charge is 0.480 e. The van der Waals surface area contributed by atoms with E-state index >= 15 is 0 Å². The van der Waals surface area contributed by atoms with Crippen molar-refractivity contribution in [1.82, 2.24) is 4.98 Å². The van der Waals surface area contributed by atoms with Gasteiger partial charge < -0.3 is 4.13 Å². The molecule has 1 aromatic heterocycles. The first-order valence-corrected chi connectivity index (χ1v) is 8.51. The number of nitrogens with zero attached hydrogens (tertiary/aromatic N) is 2. The van der Waals surface area contributed by atoms with Crippen molar-refractivity contribution in [3.8, 4) is 0 Å². The van der Waals surface area contributed by atoms with Gasteiger partial charge in [-0.1, -0.05) is 6.08 Å². The molecule has 1 aromatic rings. The summed E-state index contributed by atoms with van der Waals surface area (Å²) in [6, 6.07) is 0. The molecule has 0 aromatic carbocycles. The Morgan fingerprint density at radius 3 is 1.79 bits per heavy atom.